The van der Waals surface area contributed by atoms with E-state index in [4.69, 9.17) is 4.42 Å². The van der Waals surface area contributed by atoms with Crippen LogP contribution in [0.15, 0.2) is 22.8 Å². The minimum absolute atomic E-state index is 0.511. The third kappa shape index (κ3) is 2.25. The molecule has 1 unspecified atom stereocenters. The number of piperazine rings is 1. The molecular weight excluding hydrogens is 208 g/mol. The lowest BCUT2D eigenvalue weighted by molar-refractivity contribution is -0.145. The van der Waals surface area contributed by atoms with Gasteiger partial charge in [-0.2, -0.15) is 0 Å². The molecule has 88 valence electrons. The van der Waals surface area contributed by atoms with Crippen LogP contribution >= 0.6 is 0 Å². The number of carboxylic acid groups (broad SMARTS) is 1. The van der Waals surface area contributed by atoms with Crippen molar-refractivity contribution >= 4 is 5.97 Å². The van der Waals surface area contributed by atoms with E-state index >= 15 is 0 Å². The first-order valence-corrected chi connectivity index (χ1v) is 5.37. The summed E-state index contributed by atoms with van der Waals surface area (Å²) < 4.78 is 5.20. The predicted molar refractivity (Wildman–Crippen MR) is 58.2 cm³/mol. The molecule has 1 aliphatic rings. The topological polar surface area (TPSA) is 56.9 Å². The maximum atomic E-state index is 11.3. The zero-order chi connectivity index (χ0) is 11.5. The van der Waals surface area contributed by atoms with Crippen LogP contribution in [0.5, 0.6) is 0 Å². The zero-order valence-electron chi connectivity index (χ0n) is 9.30. The standard InChI is InChI=1S/C11H16N2O3/c1-12-4-6-13(7-5-12)10(11(14)15)9-3-2-8-16-9/h2-3,8,10H,4-7H2,1H3,(H,14,15). The van der Waals surface area contributed by atoms with E-state index < -0.39 is 12.0 Å². The minimum atomic E-state index is -0.848. The van der Waals surface area contributed by atoms with Gasteiger partial charge in [-0.25, -0.2) is 0 Å². The number of likely N-dealkylation sites (N-methyl/N-ethyl adjacent to an activating group) is 1. The first kappa shape index (κ1) is 11.2. The lowest BCUT2D eigenvalue weighted by Crippen LogP contribution is -2.47. The molecule has 0 radical (unpaired) electrons. The Bertz CT molecular complexity index is 342. The number of furan rings is 1. The third-order valence-electron chi connectivity index (χ3n) is 2.95. The van der Waals surface area contributed by atoms with E-state index in [1.54, 1.807) is 12.1 Å². The van der Waals surface area contributed by atoms with Crippen molar-refractivity contribution in [2.45, 2.75) is 6.04 Å². The van der Waals surface area contributed by atoms with Crippen LogP contribution in [0.1, 0.15) is 11.8 Å². The summed E-state index contributed by atoms with van der Waals surface area (Å²) in [4.78, 5) is 15.4. The predicted octanol–water partition coefficient (Wildman–Crippen LogP) is 0.653. The van der Waals surface area contributed by atoms with Gasteiger partial charge in [-0.15, -0.1) is 0 Å². The lowest BCUT2D eigenvalue weighted by atomic mass is 10.1. The fourth-order valence-electron chi connectivity index (χ4n) is 1.98. The Labute approximate surface area is 94.2 Å². The summed E-state index contributed by atoms with van der Waals surface area (Å²) in [5, 5.41) is 9.25. The second-order valence-corrected chi connectivity index (χ2v) is 4.10. The Morgan fingerprint density at radius 1 is 1.44 bits per heavy atom. The molecule has 0 saturated carbocycles. The Morgan fingerprint density at radius 2 is 2.12 bits per heavy atom. The molecule has 0 bridgehead atoms. The molecule has 16 heavy (non-hydrogen) atoms. The molecule has 2 heterocycles. The van der Waals surface area contributed by atoms with E-state index in [-0.39, 0.29) is 0 Å². The van der Waals surface area contributed by atoms with Crippen LogP contribution in [0.2, 0.25) is 0 Å². The summed E-state index contributed by atoms with van der Waals surface area (Å²) in [5.74, 6) is -0.337. The summed E-state index contributed by atoms with van der Waals surface area (Å²) in [6.45, 7) is 3.30. The van der Waals surface area contributed by atoms with Crippen LogP contribution < -0.4 is 0 Å². The molecule has 1 aromatic rings. The molecule has 5 nitrogen and oxygen atoms in total. The highest BCUT2D eigenvalue weighted by Crippen LogP contribution is 2.22. The molecule has 2 rings (SSSR count). The van der Waals surface area contributed by atoms with Gasteiger partial charge in [0.05, 0.1) is 6.26 Å². The Hall–Kier alpha value is -1.33. The largest absolute Gasteiger partial charge is 0.480 e. The molecule has 1 fully saturated rings. The summed E-state index contributed by atoms with van der Waals surface area (Å²) in [7, 11) is 2.04. The molecule has 0 aromatic carbocycles. The summed E-state index contributed by atoms with van der Waals surface area (Å²) >= 11 is 0. The van der Waals surface area contributed by atoms with Crippen molar-refractivity contribution in [3.8, 4) is 0 Å². The van der Waals surface area contributed by atoms with Crippen molar-refractivity contribution in [2.24, 2.45) is 0 Å². The molecule has 1 atom stereocenters. The monoisotopic (exact) mass is 224 g/mol. The number of aliphatic carboxylic acids is 1. The molecule has 0 amide bonds. The maximum Gasteiger partial charge on any atom is 0.328 e. The molecule has 1 aromatic heterocycles. The quantitative estimate of drug-likeness (QED) is 0.817. The van der Waals surface area contributed by atoms with Gasteiger partial charge in [0.2, 0.25) is 0 Å². The molecule has 0 aliphatic carbocycles. The van der Waals surface area contributed by atoms with Gasteiger partial charge >= 0.3 is 5.97 Å². The zero-order valence-corrected chi connectivity index (χ0v) is 9.30. The van der Waals surface area contributed by atoms with Crippen molar-refractivity contribution in [3.63, 3.8) is 0 Å². The highest BCUT2D eigenvalue weighted by molar-refractivity contribution is 5.74. The van der Waals surface area contributed by atoms with Gasteiger partial charge in [-0.05, 0) is 19.2 Å². The van der Waals surface area contributed by atoms with Gasteiger partial charge in [0, 0.05) is 26.2 Å². The van der Waals surface area contributed by atoms with Gasteiger partial charge in [-0.3, -0.25) is 9.69 Å². The molecule has 1 saturated heterocycles. The van der Waals surface area contributed by atoms with Crippen molar-refractivity contribution in [1.29, 1.82) is 0 Å². The first-order valence-electron chi connectivity index (χ1n) is 5.37. The van der Waals surface area contributed by atoms with Gasteiger partial charge in [-0.1, -0.05) is 0 Å². The Balaban J connectivity index is 2.11. The number of hydrogen-bond acceptors (Lipinski definition) is 4. The van der Waals surface area contributed by atoms with E-state index in [1.165, 1.54) is 6.26 Å². The fourth-order valence-corrected chi connectivity index (χ4v) is 1.98. The first-order chi connectivity index (χ1) is 7.68. The smallest absolute Gasteiger partial charge is 0.328 e. The number of hydrogen-bond donors (Lipinski definition) is 1. The summed E-state index contributed by atoms with van der Waals surface area (Å²) in [5.41, 5.74) is 0. The summed E-state index contributed by atoms with van der Waals surface area (Å²) in [6, 6.07) is 2.79. The normalized spacial score (nSPS) is 20.8. The molecule has 1 N–H and O–H groups in total. The Morgan fingerprint density at radius 3 is 2.62 bits per heavy atom. The van der Waals surface area contributed by atoms with Gasteiger partial charge in [0.25, 0.3) is 0 Å². The van der Waals surface area contributed by atoms with Crippen LogP contribution in [0.3, 0.4) is 0 Å². The highest BCUT2D eigenvalue weighted by Gasteiger charge is 2.31. The van der Waals surface area contributed by atoms with Crippen molar-refractivity contribution in [1.82, 2.24) is 9.80 Å². The minimum Gasteiger partial charge on any atom is -0.480 e. The molecule has 1 aliphatic heterocycles. The van der Waals surface area contributed by atoms with E-state index in [1.807, 2.05) is 11.9 Å². The highest BCUT2D eigenvalue weighted by atomic mass is 16.4. The number of nitrogens with zero attached hydrogens (tertiary/aromatic N) is 2. The second-order valence-electron chi connectivity index (χ2n) is 4.10. The maximum absolute atomic E-state index is 11.3. The van der Waals surface area contributed by atoms with Crippen LogP contribution in [-0.2, 0) is 4.79 Å². The van der Waals surface area contributed by atoms with Crippen LogP contribution in [0.4, 0.5) is 0 Å². The van der Waals surface area contributed by atoms with E-state index in [0.29, 0.717) is 5.76 Å². The van der Waals surface area contributed by atoms with E-state index in [9.17, 15) is 9.90 Å². The average Bonchev–Trinajstić information content (AvgIpc) is 2.74. The van der Waals surface area contributed by atoms with Gasteiger partial charge in [0.15, 0.2) is 6.04 Å². The number of carboxylic acids is 1. The van der Waals surface area contributed by atoms with Crippen molar-refractivity contribution in [3.05, 3.63) is 24.2 Å². The fraction of sp³-hybridized carbons (Fsp3) is 0.545. The van der Waals surface area contributed by atoms with Crippen LogP contribution in [-0.4, -0.2) is 54.1 Å². The number of carbonyl (C=O) groups is 1. The van der Waals surface area contributed by atoms with Crippen LogP contribution in [0, 0.1) is 0 Å². The van der Waals surface area contributed by atoms with E-state index in [0.717, 1.165) is 26.2 Å². The molecule has 0 spiro atoms. The SMILES string of the molecule is CN1CCN(C(C(=O)O)c2ccco2)CC1. The van der Waals surface area contributed by atoms with E-state index in [2.05, 4.69) is 4.90 Å². The lowest BCUT2D eigenvalue weighted by Gasteiger charge is -2.35. The summed E-state index contributed by atoms with van der Waals surface area (Å²) in [6.07, 6.45) is 1.52. The van der Waals surface area contributed by atoms with Crippen LogP contribution in [0.25, 0.3) is 0 Å². The van der Waals surface area contributed by atoms with Gasteiger partial charge < -0.3 is 14.4 Å². The second kappa shape index (κ2) is 4.67. The number of rotatable bonds is 3. The Kier molecular flexibility index (Phi) is 3.26. The molecular formula is C11H16N2O3. The van der Waals surface area contributed by atoms with Crippen molar-refractivity contribution < 1.29 is 14.3 Å². The van der Waals surface area contributed by atoms with Crippen molar-refractivity contribution in [2.75, 3.05) is 33.2 Å². The van der Waals surface area contributed by atoms with Gasteiger partial charge in [0.1, 0.15) is 5.76 Å². The molecule has 5 heteroatoms. The average molecular weight is 224 g/mol. The third-order valence-corrected chi connectivity index (χ3v) is 2.95.